The topological polar surface area (TPSA) is 47.3 Å². The monoisotopic (exact) mass is 253 g/mol. The molecule has 0 radical (unpaired) electrons. The standard InChI is InChI=1S/C14H27N3O/c1-12(2)9-17(10-13(3)4)11-14(18)16(5)8-6-7-15/h12-13H,6,8-11H2,1-5H3. The summed E-state index contributed by atoms with van der Waals surface area (Å²) in [6.45, 7) is 11.5. The van der Waals surface area contributed by atoms with Crippen molar-refractivity contribution < 1.29 is 4.79 Å². The minimum Gasteiger partial charge on any atom is -0.344 e. The van der Waals surface area contributed by atoms with Crippen LogP contribution in [-0.4, -0.2) is 48.9 Å². The second-order valence-corrected chi connectivity index (χ2v) is 5.71. The number of nitrogens with zero attached hydrogens (tertiary/aromatic N) is 3. The van der Waals surface area contributed by atoms with Crippen molar-refractivity contribution in [3.8, 4) is 6.07 Å². The second kappa shape index (κ2) is 8.93. The fraction of sp³-hybridized carbons (Fsp3) is 0.857. The van der Waals surface area contributed by atoms with Crippen molar-refractivity contribution in [3.05, 3.63) is 0 Å². The highest BCUT2D eigenvalue weighted by atomic mass is 16.2. The van der Waals surface area contributed by atoms with Crippen LogP contribution in [0.1, 0.15) is 34.1 Å². The molecule has 0 atom stereocenters. The Morgan fingerprint density at radius 3 is 2.06 bits per heavy atom. The van der Waals surface area contributed by atoms with Crippen molar-refractivity contribution in [1.82, 2.24) is 9.80 Å². The van der Waals surface area contributed by atoms with E-state index in [4.69, 9.17) is 5.26 Å². The first-order valence-corrected chi connectivity index (χ1v) is 6.70. The summed E-state index contributed by atoms with van der Waals surface area (Å²) in [5, 5.41) is 8.52. The van der Waals surface area contributed by atoms with Crippen LogP contribution in [0, 0.1) is 23.2 Å². The SMILES string of the molecule is CC(C)CN(CC(=O)N(C)CCC#N)CC(C)C. The minimum atomic E-state index is 0.103. The van der Waals surface area contributed by atoms with E-state index in [1.165, 1.54) is 0 Å². The zero-order valence-corrected chi connectivity index (χ0v) is 12.4. The largest absolute Gasteiger partial charge is 0.344 e. The van der Waals surface area contributed by atoms with E-state index in [1.54, 1.807) is 11.9 Å². The van der Waals surface area contributed by atoms with Crippen LogP contribution in [0.2, 0.25) is 0 Å². The molecule has 104 valence electrons. The molecule has 0 aliphatic heterocycles. The van der Waals surface area contributed by atoms with E-state index in [0.29, 0.717) is 31.3 Å². The Morgan fingerprint density at radius 2 is 1.67 bits per heavy atom. The first-order valence-electron chi connectivity index (χ1n) is 6.70. The zero-order chi connectivity index (χ0) is 14.1. The van der Waals surface area contributed by atoms with Crippen molar-refractivity contribution in [2.24, 2.45) is 11.8 Å². The summed E-state index contributed by atoms with van der Waals surface area (Å²) in [5.41, 5.74) is 0. The summed E-state index contributed by atoms with van der Waals surface area (Å²) < 4.78 is 0. The molecule has 18 heavy (non-hydrogen) atoms. The van der Waals surface area contributed by atoms with Gasteiger partial charge < -0.3 is 4.90 Å². The molecule has 0 aliphatic carbocycles. The van der Waals surface area contributed by atoms with Crippen LogP contribution in [0.25, 0.3) is 0 Å². The molecule has 0 saturated heterocycles. The van der Waals surface area contributed by atoms with E-state index in [9.17, 15) is 4.79 Å². The van der Waals surface area contributed by atoms with Crippen LogP contribution in [0.5, 0.6) is 0 Å². The predicted molar refractivity (Wildman–Crippen MR) is 74.0 cm³/mol. The molecule has 0 fully saturated rings. The van der Waals surface area contributed by atoms with Crippen LogP contribution in [0.3, 0.4) is 0 Å². The quantitative estimate of drug-likeness (QED) is 0.664. The Balaban J connectivity index is 4.29. The number of hydrogen-bond acceptors (Lipinski definition) is 3. The van der Waals surface area contributed by atoms with Gasteiger partial charge in [-0.25, -0.2) is 0 Å². The molecule has 0 aliphatic rings. The van der Waals surface area contributed by atoms with Gasteiger partial charge in [-0.15, -0.1) is 0 Å². The van der Waals surface area contributed by atoms with Gasteiger partial charge in [-0.05, 0) is 11.8 Å². The Morgan fingerprint density at radius 1 is 1.17 bits per heavy atom. The van der Waals surface area contributed by atoms with Gasteiger partial charge in [-0.3, -0.25) is 9.69 Å². The third-order valence-corrected chi connectivity index (χ3v) is 2.59. The van der Waals surface area contributed by atoms with Crippen molar-refractivity contribution in [3.63, 3.8) is 0 Å². The molecule has 0 spiro atoms. The maximum absolute atomic E-state index is 12.0. The highest BCUT2D eigenvalue weighted by Crippen LogP contribution is 2.04. The summed E-state index contributed by atoms with van der Waals surface area (Å²) in [6, 6.07) is 2.06. The number of hydrogen-bond donors (Lipinski definition) is 0. The molecule has 0 aromatic carbocycles. The smallest absolute Gasteiger partial charge is 0.236 e. The average molecular weight is 253 g/mol. The van der Waals surface area contributed by atoms with Gasteiger partial charge in [0, 0.05) is 26.7 Å². The van der Waals surface area contributed by atoms with Gasteiger partial charge in [0.25, 0.3) is 0 Å². The van der Waals surface area contributed by atoms with E-state index >= 15 is 0 Å². The number of carbonyl (C=O) groups excluding carboxylic acids is 1. The molecule has 0 rings (SSSR count). The molecule has 0 aromatic heterocycles. The molecule has 4 heteroatoms. The Hall–Kier alpha value is -1.08. The molecule has 0 heterocycles. The number of amides is 1. The minimum absolute atomic E-state index is 0.103. The van der Waals surface area contributed by atoms with E-state index in [0.717, 1.165) is 13.1 Å². The van der Waals surface area contributed by atoms with Crippen LogP contribution < -0.4 is 0 Å². The highest BCUT2D eigenvalue weighted by Gasteiger charge is 2.16. The number of nitriles is 1. The molecular weight excluding hydrogens is 226 g/mol. The summed E-state index contributed by atoms with van der Waals surface area (Å²) in [5.74, 6) is 1.22. The van der Waals surface area contributed by atoms with Gasteiger partial charge in [-0.1, -0.05) is 27.7 Å². The molecule has 0 bridgehead atoms. The van der Waals surface area contributed by atoms with E-state index < -0.39 is 0 Å². The second-order valence-electron chi connectivity index (χ2n) is 5.71. The fourth-order valence-corrected chi connectivity index (χ4v) is 1.89. The van der Waals surface area contributed by atoms with Crippen molar-refractivity contribution in [2.45, 2.75) is 34.1 Å². The molecule has 0 unspecified atom stereocenters. The number of carbonyl (C=O) groups is 1. The van der Waals surface area contributed by atoms with Crippen LogP contribution in [0.15, 0.2) is 0 Å². The molecule has 4 nitrogen and oxygen atoms in total. The zero-order valence-electron chi connectivity index (χ0n) is 12.4. The van der Waals surface area contributed by atoms with Gasteiger partial charge in [-0.2, -0.15) is 5.26 Å². The maximum Gasteiger partial charge on any atom is 0.236 e. The first-order chi connectivity index (χ1) is 8.36. The molecule has 0 aromatic rings. The fourth-order valence-electron chi connectivity index (χ4n) is 1.89. The van der Waals surface area contributed by atoms with Crippen LogP contribution >= 0.6 is 0 Å². The summed E-state index contributed by atoms with van der Waals surface area (Å²) >= 11 is 0. The summed E-state index contributed by atoms with van der Waals surface area (Å²) in [7, 11) is 1.77. The average Bonchev–Trinajstić information content (AvgIpc) is 2.23. The van der Waals surface area contributed by atoms with Crippen LogP contribution in [-0.2, 0) is 4.79 Å². The van der Waals surface area contributed by atoms with Gasteiger partial charge in [0.2, 0.25) is 5.91 Å². The summed E-state index contributed by atoms with van der Waals surface area (Å²) in [6.07, 6.45) is 0.399. The lowest BCUT2D eigenvalue weighted by atomic mass is 10.1. The lowest BCUT2D eigenvalue weighted by Gasteiger charge is -2.27. The predicted octanol–water partition coefficient (Wildman–Crippen LogP) is 1.97. The number of rotatable bonds is 8. The summed E-state index contributed by atoms with van der Waals surface area (Å²) in [4.78, 5) is 15.9. The Kier molecular flexibility index (Phi) is 8.40. The number of likely N-dealkylation sites (N-methyl/N-ethyl adjacent to an activating group) is 1. The van der Waals surface area contributed by atoms with E-state index in [2.05, 4.69) is 38.7 Å². The van der Waals surface area contributed by atoms with Gasteiger partial charge in [0.15, 0.2) is 0 Å². The molecule has 1 amide bonds. The maximum atomic E-state index is 12.0. The lowest BCUT2D eigenvalue weighted by Crippen LogP contribution is -2.41. The van der Waals surface area contributed by atoms with Crippen LogP contribution in [0.4, 0.5) is 0 Å². The molecule has 0 saturated carbocycles. The normalized spacial score (nSPS) is 11.1. The molecular formula is C14H27N3O. The third kappa shape index (κ3) is 8.08. The van der Waals surface area contributed by atoms with E-state index in [1.807, 2.05) is 0 Å². The highest BCUT2D eigenvalue weighted by molar-refractivity contribution is 5.78. The van der Waals surface area contributed by atoms with Crippen molar-refractivity contribution in [2.75, 3.05) is 33.2 Å². The van der Waals surface area contributed by atoms with Crippen molar-refractivity contribution in [1.29, 1.82) is 5.26 Å². The van der Waals surface area contributed by atoms with Gasteiger partial charge in [0.05, 0.1) is 19.0 Å². The first kappa shape index (κ1) is 16.9. The van der Waals surface area contributed by atoms with E-state index in [-0.39, 0.29) is 5.91 Å². The van der Waals surface area contributed by atoms with Gasteiger partial charge >= 0.3 is 0 Å². The van der Waals surface area contributed by atoms with Crippen molar-refractivity contribution >= 4 is 5.91 Å². The molecule has 0 N–H and O–H groups in total. The Bertz CT molecular complexity index is 271. The third-order valence-electron chi connectivity index (χ3n) is 2.59. The van der Waals surface area contributed by atoms with Gasteiger partial charge in [0.1, 0.15) is 0 Å². The Labute approximate surface area is 112 Å². The lowest BCUT2D eigenvalue weighted by molar-refractivity contribution is -0.131.